The Morgan fingerprint density at radius 1 is 1.44 bits per heavy atom. The van der Waals surface area contributed by atoms with E-state index < -0.39 is 11.2 Å². The van der Waals surface area contributed by atoms with Gasteiger partial charge >= 0.3 is 5.97 Å². The van der Waals surface area contributed by atoms with Crippen LogP contribution < -0.4 is 0 Å². The molecular weight excluding hydrogens is 235 g/mol. The number of rotatable bonds is 3. The van der Waals surface area contributed by atoms with E-state index in [2.05, 4.69) is 0 Å². The van der Waals surface area contributed by atoms with Crippen molar-refractivity contribution in [2.45, 2.75) is 26.2 Å². The van der Waals surface area contributed by atoms with Gasteiger partial charge < -0.3 is 9.15 Å². The molecule has 0 amide bonds. The summed E-state index contributed by atoms with van der Waals surface area (Å²) >= 11 is 0. The second kappa shape index (κ2) is 4.44. The molecule has 3 nitrogen and oxygen atoms in total. The highest BCUT2D eigenvalue weighted by Crippen LogP contribution is 2.31. The van der Waals surface area contributed by atoms with Crippen molar-refractivity contribution in [3.8, 4) is 0 Å². The number of benzene rings is 1. The summed E-state index contributed by atoms with van der Waals surface area (Å²) in [4.78, 5) is 11.9. The number of ether oxygens (including phenoxy) is 1. The Hall–Kier alpha value is -1.84. The number of hydrogen-bond donors (Lipinski definition) is 0. The largest absolute Gasteiger partial charge is 0.465 e. The topological polar surface area (TPSA) is 39.4 Å². The van der Waals surface area contributed by atoms with Gasteiger partial charge in [0.25, 0.3) is 0 Å². The molecule has 4 heteroatoms. The van der Waals surface area contributed by atoms with Crippen molar-refractivity contribution < 1.29 is 18.3 Å². The summed E-state index contributed by atoms with van der Waals surface area (Å²) in [5, 5.41) is 0.641. The Morgan fingerprint density at radius 2 is 2.17 bits per heavy atom. The fourth-order valence-electron chi connectivity index (χ4n) is 1.75. The first-order chi connectivity index (χ1) is 8.46. The molecule has 2 aromatic rings. The predicted molar refractivity (Wildman–Crippen MR) is 65.8 cm³/mol. The predicted octanol–water partition coefficient (Wildman–Crippen LogP) is 3.41. The van der Waals surface area contributed by atoms with Gasteiger partial charge in [0.15, 0.2) is 11.4 Å². The van der Waals surface area contributed by atoms with Gasteiger partial charge in [-0.2, -0.15) is 0 Å². The Bertz CT molecular complexity index is 584. The molecule has 0 N–H and O–H groups in total. The van der Waals surface area contributed by atoms with Crippen LogP contribution in [0.15, 0.2) is 28.7 Å². The van der Waals surface area contributed by atoms with Crippen LogP contribution in [0.4, 0.5) is 4.39 Å². The third-order valence-corrected chi connectivity index (χ3v) is 2.90. The van der Waals surface area contributed by atoms with Gasteiger partial charge in [-0.05, 0) is 32.9 Å². The van der Waals surface area contributed by atoms with Gasteiger partial charge in [-0.25, -0.2) is 4.39 Å². The molecule has 0 aliphatic carbocycles. The highest BCUT2D eigenvalue weighted by atomic mass is 19.1. The van der Waals surface area contributed by atoms with Crippen LogP contribution in [0.2, 0.25) is 0 Å². The maximum absolute atomic E-state index is 13.5. The van der Waals surface area contributed by atoms with Crippen LogP contribution in [-0.2, 0) is 14.9 Å². The molecule has 0 saturated heterocycles. The van der Waals surface area contributed by atoms with Gasteiger partial charge in [-0.3, -0.25) is 4.79 Å². The molecule has 0 unspecified atom stereocenters. The molecule has 0 aliphatic heterocycles. The van der Waals surface area contributed by atoms with E-state index in [1.54, 1.807) is 39.0 Å². The quantitative estimate of drug-likeness (QED) is 0.783. The van der Waals surface area contributed by atoms with E-state index in [0.29, 0.717) is 17.8 Å². The van der Waals surface area contributed by atoms with E-state index in [1.165, 1.54) is 6.07 Å². The van der Waals surface area contributed by atoms with E-state index in [-0.39, 0.29) is 11.6 Å². The SMILES string of the molecule is CCOC(=O)C(C)(C)c1cc2cccc(F)c2o1. The number of hydrogen-bond acceptors (Lipinski definition) is 3. The zero-order valence-corrected chi connectivity index (χ0v) is 10.6. The molecule has 0 spiro atoms. The summed E-state index contributed by atoms with van der Waals surface area (Å²) < 4.78 is 24.0. The molecule has 0 saturated carbocycles. The maximum Gasteiger partial charge on any atom is 0.319 e. The highest BCUT2D eigenvalue weighted by Gasteiger charge is 2.35. The number of fused-ring (bicyclic) bond motifs is 1. The molecule has 1 aromatic carbocycles. The van der Waals surface area contributed by atoms with Gasteiger partial charge in [0.1, 0.15) is 11.2 Å². The standard InChI is InChI=1S/C14H15FO3/c1-4-17-13(16)14(2,3)11-8-9-6-5-7-10(15)12(9)18-11/h5-8H,4H2,1-3H3. The van der Waals surface area contributed by atoms with Crippen molar-refractivity contribution >= 4 is 16.9 Å². The fraction of sp³-hybridized carbons (Fsp3) is 0.357. The van der Waals surface area contributed by atoms with E-state index in [4.69, 9.17) is 9.15 Å². The van der Waals surface area contributed by atoms with Crippen LogP contribution in [-0.4, -0.2) is 12.6 Å². The lowest BCUT2D eigenvalue weighted by Crippen LogP contribution is -2.30. The Morgan fingerprint density at radius 3 is 2.78 bits per heavy atom. The van der Waals surface area contributed by atoms with Crippen LogP contribution in [0.1, 0.15) is 26.5 Å². The van der Waals surface area contributed by atoms with Crippen molar-refractivity contribution in [3.05, 3.63) is 35.8 Å². The Labute approximate surface area is 105 Å². The van der Waals surface area contributed by atoms with Gasteiger partial charge in [0.2, 0.25) is 0 Å². The summed E-state index contributed by atoms with van der Waals surface area (Å²) in [6, 6.07) is 6.35. The summed E-state index contributed by atoms with van der Waals surface area (Å²) in [7, 11) is 0. The number of para-hydroxylation sites is 1. The number of halogens is 1. The van der Waals surface area contributed by atoms with Crippen molar-refractivity contribution in [1.82, 2.24) is 0 Å². The van der Waals surface area contributed by atoms with Crippen molar-refractivity contribution in [1.29, 1.82) is 0 Å². The zero-order valence-electron chi connectivity index (χ0n) is 10.6. The lowest BCUT2D eigenvalue weighted by molar-refractivity contribution is -0.149. The van der Waals surface area contributed by atoms with Gasteiger partial charge in [-0.1, -0.05) is 12.1 Å². The highest BCUT2D eigenvalue weighted by molar-refractivity contribution is 5.85. The van der Waals surface area contributed by atoms with Crippen molar-refractivity contribution in [2.24, 2.45) is 0 Å². The molecule has 18 heavy (non-hydrogen) atoms. The fourth-order valence-corrected chi connectivity index (χ4v) is 1.75. The van der Waals surface area contributed by atoms with Gasteiger partial charge in [0.05, 0.1) is 6.61 Å². The van der Waals surface area contributed by atoms with Crippen LogP contribution in [0.5, 0.6) is 0 Å². The van der Waals surface area contributed by atoms with E-state index in [0.717, 1.165) is 0 Å². The first-order valence-electron chi connectivity index (χ1n) is 5.82. The zero-order chi connectivity index (χ0) is 13.3. The third kappa shape index (κ3) is 1.98. The Balaban J connectivity index is 2.48. The molecule has 2 rings (SSSR count). The molecule has 96 valence electrons. The van der Waals surface area contributed by atoms with E-state index in [1.807, 2.05) is 0 Å². The summed E-state index contributed by atoms with van der Waals surface area (Å²) in [6.07, 6.45) is 0. The first-order valence-corrected chi connectivity index (χ1v) is 5.82. The number of esters is 1. The summed E-state index contributed by atoms with van der Waals surface area (Å²) in [5.74, 6) is -0.413. The minimum Gasteiger partial charge on any atom is -0.465 e. The molecular formula is C14H15FO3. The lowest BCUT2D eigenvalue weighted by atomic mass is 9.90. The van der Waals surface area contributed by atoms with E-state index in [9.17, 15) is 9.18 Å². The lowest BCUT2D eigenvalue weighted by Gasteiger charge is -2.19. The monoisotopic (exact) mass is 250 g/mol. The molecule has 0 atom stereocenters. The number of furan rings is 1. The first kappa shape index (κ1) is 12.6. The van der Waals surface area contributed by atoms with E-state index >= 15 is 0 Å². The molecule has 0 bridgehead atoms. The molecule has 1 heterocycles. The van der Waals surface area contributed by atoms with Crippen LogP contribution >= 0.6 is 0 Å². The molecule has 0 fully saturated rings. The molecule has 0 aliphatic rings. The van der Waals surface area contributed by atoms with Gasteiger partial charge in [0, 0.05) is 5.39 Å². The minimum absolute atomic E-state index is 0.171. The van der Waals surface area contributed by atoms with Crippen LogP contribution in [0, 0.1) is 5.82 Å². The van der Waals surface area contributed by atoms with Gasteiger partial charge in [-0.15, -0.1) is 0 Å². The maximum atomic E-state index is 13.5. The smallest absolute Gasteiger partial charge is 0.319 e. The van der Waals surface area contributed by atoms with Crippen LogP contribution in [0.25, 0.3) is 11.0 Å². The second-order valence-corrected chi connectivity index (χ2v) is 4.61. The number of carbonyl (C=O) groups is 1. The second-order valence-electron chi connectivity index (χ2n) is 4.61. The normalized spacial score (nSPS) is 11.8. The van der Waals surface area contributed by atoms with Crippen molar-refractivity contribution in [2.75, 3.05) is 6.61 Å². The Kier molecular flexibility index (Phi) is 3.11. The van der Waals surface area contributed by atoms with Crippen LogP contribution in [0.3, 0.4) is 0 Å². The third-order valence-electron chi connectivity index (χ3n) is 2.90. The molecule has 0 radical (unpaired) electrons. The summed E-state index contributed by atoms with van der Waals surface area (Å²) in [5.41, 5.74) is -0.758. The molecule has 1 aromatic heterocycles. The average molecular weight is 250 g/mol. The minimum atomic E-state index is -0.929. The number of carbonyl (C=O) groups excluding carboxylic acids is 1. The average Bonchev–Trinajstić information content (AvgIpc) is 2.75. The summed E-state index contributed by atoms with van der Waals surface area (Å²) in [6.45, 7) is 5.43. The van der Waals surface area contributed by atoms with Crippen molar-refractivity contribution in [3.63, 3.8) is 0 Å².